The van der Waals surface area contributed by atoms with Crippen LogP contribution in [0.4, 0.5) is 0 Å². The van der Waals surface area contributed by atoms with E-state index in [4.69, 9.17) is 4.42 Å². The Morgan fingerprint density at radius 3 is 2.50 bits per heavy atom. The van der Waals surface area contributed by atoms with Gasteiger partial charge in [-0.2, -0.15) is 0 Å². The molecule has 104 valence electrons. The lowest BCUT2D eigenvalue weighted by molar-refractivity contribution is 0.382. The molecule has 1 heterocycles. The van der Waals surface area contributed by atoms with E-state index in [1.165, 1.54) is 50.5 Å². The summed E-state index contributed by atoms with van der Waals surface area (Å²) in [7, 11) is 0. The van der Waals surface area contributed by atoms with Crippen LogP contribution >= 0.6 is 0 Å². The normalized spacial score (nSPS) is 12.8. The molecule has 0 radical (unpaired) electrons. The first-order valence-corrected chi connectivity index (χ1v) is 7.57. The van der Waals surface area contributed by atoms with Gasteiger partial charge in [-0.05, 0) is 37.9 Å². The van der Waals surface area contributed by atoms with Crippen molar-refractivity contribution in [1.82, 2.24) is 5.32 Å². The molecule has 18 heavy (non-hydrogen) atoms. The minimum atomic E-state index is 0.404. The van der Waals surface area contributed by atoms with Crippen molar-refractivity contribution in [2.75, 3.05) is 6.54 Å². The fraction of sp³-hybridized carbons (Fsp3) is 0.750. The lowest BCUT2D eigenvalue weighted by Gasteiger charge is -2.17. The molecular weight excluding hydrogens is 222 g/mol. The Hall–Kier alpha value is -0.760. The average molecular weight is 251 g/mol. The second kappa shape index (κ2) is 9.21. The highest BCUT2D eigenvalue weighted by Crippen LogP contribution is 2.24. The van der Waals surface area contributed by atoms with Crippen LogP contribution in [0.15, 0.2) is 16.7 Å². The molecule has 1 aromatic rings. The van der Waals surface area contributed by atoms with Gasteiger partial charge in [-0.1, -0.05) is 46.0 Å². The first-order valence-electron chi connectivity index (χ1n) is 7.57. The molecule has 1 rings (SSSR count). The van der Waals surface area contributed by atoms with Gasteiger partial charge in [0, 0.05) is 0 Å². The summed E-state index contributed by atoms with van der Waals surface area (Å²) in [5.74, 6) is 1.14. The lowest BCUT2D eigenvalue weighted by Crippen LogP contribution is -2.22. The molecule has 0 aromatic carbocycles. The SMILES string of the molecule is CCCCCCCC(NCCC)c1occc1C. The summed E-state index contributed by atoms with van der Waals surface area (Å²) in [5.41, 5.74) is 1.28. The zero-order valence-corrected chi connectivity index (χ0v) is 12.3. The van der Waals surface area contributed by atoms with Gasteiger partial charge in [0.15, 0.2) is 0 Å². The molecule has 0 spiro atoms. The number of unbranched alkanes of at least 4 members (excludes halogenated alkanes) is 4. The van der Waals surface area contributed by atoms with Crippen molar-refractivity contribution in [3.8, 4) is 0 Å². The second-order valence-corrected chi connectivity index (χ2v) is 5.18. The van der Waals surface area contributed by atoms with Gasteiger partial charge in [-0.15, -0.1) is 0 Å². The van der Waals surface area contributed by atoms with Gasteiger partial charge in [0.2, 0.25) is 0 Å². The fourth-order valence-corrected chi connectivity index (χ4v) is 2.34. The maximum atomic E-state index is 5.64. The highest BCUT2D eigenvalue weighted by molar-refractivity contribution is 5.18. The third-order valence-corrected chi connectivity index (χ3v) is 3.46. The topological polar surface area (TPSA) is 25.2 Å². The Kier molecular flexibility index (Phi) is 7.83. The molecule has 0 saturated heterocycles. The second-order valence-electron chi connectivity index (χ2n) is 5.18. The van der Waals surface area contributed by atoms with Gasteiger partial charge in [0.05, 0.1) is 12.3 Å². The third-order valence-electron chi connectivity index (χ3n) is 3.46. The van der Waals surface area contributed by atoms with Gasteiger partial charge in [0.25, 0.3) is 0 Å². The average Bonchev–Trinajstić information content (AvgIpc) is 2.79. The molecule has 2 nitrogen and oxygen atoms in total. The molecule has 1 N–H and O–H groups in total. The number of furan rings is 1. The summed E-state index contributed by atoms with van der Waals surface area (Å²) in [5, 5.41) is 3.61. The molecule has 0 fully saturated rings. The largest absolute Gasteiger partial charge is 0.467 e. The van der Waals surface area contributed by atoms with Crippen molar-refractivity contribution in [1.29, 1.82) is 0 Å². The Labute approximate surface area is 112 Å². The summed E-state index contributed by atoms with van der Waals surface area (Å²) in [6.45, 7) is 7.68. The summed E-state index contributed by atoms with van der Waals surface area (Å²) in [6.07, 6.45) is 10.9. The highest BCUT2D eigenvalue weighted by atomic mass is 16.3. The summed E-state index contributed by atoms with van der Waals surface area (Å²) < 4.78 is 5.64. The highest BCUT2D eigenvalue weighted by Gasteiger charge is 2.15. The van der Waals surface area contributed by atoms with E-state index >= 15 is 0 Å². The maximum Gasteiger partial charge on any atom is 0.123 e. The van der Waals surface area contributed by atoms with Gasteiger partial charge in [0.1, 0.15) is 5.76 Å². The minimum absolute atomic E-state index is 0.404. The van der Waals surface area contributed by atoms with Crippen LogP contribution in [-0.4, -0.2) is 6.54 Å². The van der Waals surface area contributed by atoms with Crippen LogP contribution in [0.25, 0.3) is 0 Å². The molecule has 0 amide bonds. The maximum absolute atomic E-state index is 5.64. The number of aryl methyl sites for hydroxylation is 1. The molecule has 1 aromatic heterocycles. The number of hydrogen-bond donors (Lipinski definition) is 1. The number of rotatable bonds is 10. The van der Waals surface area contributed by atoms with Crippen LogP contribution in [0.5, 0.6) is 0 Å². The number of hydrogen-bond acceptors (Lipinski definition) is 2. The molecule has 0 aliphatic heterocycles. The Bertz CT molecular complexity index is 306. The predicted octanol–water partition coefficient (Wildman–Crippen LogP) is 4.99. The van der Waals surface area contributed by atoms with E-state index < -0.39 is 0 Å². The van der Waals surface area contributed by atoms with Gasteiger partial charge >= 0.3 is 0 Å². The molecule has 1 unspecified atom stereocenters. The molecule has 1 atom stereocenters. The van der Waals surface area contributed by atoms with Crippen molar-refractivity contribution in [2.45, 2.75) is 71.8 Å². The van der Waals surface area contributed by atoms with E-state index in [0.29, 0.717) is 6.04 Å². The molecular formula is C16H29NO. The molecule has 0 aliphatic carbocycles. The van der Waals surface area contributed by atoms with Crippen LogP contribution < -0.4 is 5.32 Å². The first-order chi connectivity index (χ1) is 8.79. The summed E-state index contributed by atoms with van der Waals surface area (Å²) in [4.78, 5) is 0. The smallest absolute Gasteiger partial charge is 0.123 e. The zero-order valence-electron chi connectivity index (χ0n) is 12.3. The van der Waals surface area contributed by atoms with Crippen molar-refractivity contribution in [3.63, 3.8) is 0 Å². The summed E-state index contributed by atoms with van der Waals surface area (Å²) in [6, 6.07) is 2.47. The summed E-state index contributed by atoms with van der Waals surface area (Å²) >= 11 is 0. The Morgan fingerprint density at radius 1 is 1.11 bits per heavy atom. The fourth-order valence-electron chi connectivity index (χ4n) is 2.34. The first kappa shape index (κ1) is 15.3. The van der Waals surface area contributed by atoms with Crippen LogP contribution in [0.1, 0.15) is 76.2 Å². The van der Waals surface area contributed by atoms with Gasteiger partial charge in [-0.3, -0.25) is 0 Å². The van der Waals surface area contributed by atoms with Crippen molar-refractivity contribution >= 4 is 0 Å². The van der Waals surface area contributed by atoms with E-state index in [-0.39, 0.29) is 0 Å². The third kappa shape index (κ3) is 5.26. The minimum Gasteiger partial charge on any atom is -0.467 e. The lowest BCUT2D eigenvalue weighted by atomic mass is 10.0. The van der Waals surface area contributed by atoms with Crippen molar-refractivity contribution in [2.24, 2.45) is 0 Å². The zero-order chi connectivity index (χ0) is 13.2. The van der Waals surface area contributed by atoms with Gasteiger partial charge < -0.3 is 9.73 Å². The van der Waals surface area contributed by atoms with Crippen LogP contribution in [0.2, 0.25) is 0 Å². The molecule has 2 heteroatoms. The quantitative estimate of drug-likeness (QED) is 0.593. The van der Waals surface area contributed by atoms with E-state index in [9.17, 15) is 0 Å². The van der Waals surface area contributed by atoms with Crippen molar-refractivity contribution in [3.05, 3.63) is 23.7 Å². The van der Waals surface area contributed by atoms with Gasteiger partial charge in [-0.25, -0.2) is 0 Å². The molecule has 0 saturated carbocycles. The molecule has 0 aliphatic rings. The Balaban J connectivity index is 2.39. The van der Waals surface area contributed by atoms with Crippen LogP contribution in [0.3, 0.4) is 0 Å². The van der Waals surface area contributed by atoms with E-state index in [1.54, 1.807) is 0 Å². The Morgan fingerprint density at radius 2 is 1.89 bits per heavy atom. The standard InChI is InChI=1S/C16H29NO/c1-4-6-7-8-9-10-15(17-12-5-2)16-14(3)11-13-18-16/h11,13,15,17H,4-10,12H2,1-3H3. The monoisotopic (exact) mass is 251 g/mol. The van der Waals surface area contributed by atoms with Crippen LogP contribution in [0, 0.1) is 6.92 Å². The number of nitrogens with one attached hydrogen (secondary N) is 1. The van der Waals surface area contributed by atoms with Crippen molar-refractivity contribution < 1.29 is 4.42 Å². The van der Waals surface area contributed by atoms with E-state index in [1.807, 2.05) is 6.26 Å². The van der Waals surface area contributed by atoms with Crippen LogP contribution in [-0.2, 0) is 0 Å². The molecule has 0 bridgehead atoms. The van der Waals surface area contributed by atoms with E-state index in [2.05, 4.69) is 32.2 Å². The predicted molar refractivity (Wildman–Crippen MR) is 77.9 cm³/mol. The van der Waals surface area contributed by atoms with E-state index in [0.717, 1.165) is 12.3 Å².